The summed E-state index contributed by atoms with van der Waals surface area (Å²) in [5.74, 6) is 0.720. The molecule has 0 amide bonds. The Morgan fingerprint density at radius 2 is 1.87 bits per heavy atom. The number of ether oxygens (including phenoxy) is 1. The van der Waals surface area contributed by atoms with E-state index in [9.17, 15) is 10.1 Å². The minimum absolute atomic E-state index is 0.0823. The zero-order valence-corrected chi connectivity index (χ0v) is 25.0. The largest absolute Gasteiger partial charge is 0.488 e. The second kappa shape index (κ2) is 11.0. The highest BCUT2D eigenvalue weighted by Crippen LogP contribution is 2.47. The fourth-order valence-electron chi connectivity index (χ4n) is 5.41. The van der Waals surface area contributed by atoms with Gasteiger partial charge in [-0.15, -0.1) is 0 Å². The number of nitrogens with zero attached hydrogens (tertiary/aromatic N) is 2. The average molecular weight is 680 g/mol. The quantitative estimate of drug-likeness (QED) is 0.282. The molecule has 192 valence electrons. The number of benzene rings is 3. The smallest absolute Gasteiger partial charge is 0.161 e. The van der Waals surface area contributed by atoms with Crippen LogP contribution in [-0.2, 0) is 11.4 Å². The number of para-hydroxylation sites is 1. The minimum Gasteiger partial charge on any atom is -0.488 e. The van der Waals surface area contributed by atoms with Gasteiger partial charge in [-0.25, -0.2) is 0 Å². The van der Waals surface area contributed by atoms with Crippen LogP contribution in [0.25, 0.3) is 0 Å². The Balaban J connectivity index is 1.64. The van der Waals surface area contributed by atoms with Gasteiger partial charge in [-0.1, -0.05) is 29.8 Å². The van der Waals surface area contributed by atoms with E-state index < -0.39 is 5.92 Å². The molecule has 1 unspecified atom stereocenters. The van der Waals surface area contributed by atoms with Crippen LogP contribution < -0.4 is 15.4 Å². The van der Waals surface area contributed by atoms with Crippen LogP contribution in [0.15, 0.2) is 87.8 Å². The molecule has 3 aromatic rings. The lowest BCUT2D eigenvalue weighted by Crippen LogP contribution is -2.39. The van der Waals surface area contributed by atoms with E-state index in [1.54, 1.807) is 0 Å². The monoisotopic (exact) mass is 679 g/mol. The van der Waals surface area contributed by atoms with Gasteiger partial charge in [-0.3, -0.25) is 9.69 Å². The number of Topliss-reactive ketones (excluding diaryl/α,β-unsaturated/α-hetero) is 1. The minimum atomic E-state index is -0.509. The highest BCUT2D eigenvalue weighted by molar-refractivity contribution is 14.1. The van der Waals surface area contributed by atoms with E-state index in [1.807, 2.05) is 67.3 Å². The van der Waals surface area contributed by atoms with Gasteiger partial charge in [-0.05, 0) is 118 Å². The standard InChI is InChI=1S/C31H27BrIN3O2/c1-18-14-20(17-38-28-9-4-3-6-25(28)32)19(2)23(15-18)29-24(16-34)31(35)36(22-12-10-21(33)11-13-22)26-7-5-8-27(37)30(26)29/h3-4,6,9-15,29H,5,7-8,17,35H2,1-2H3. The first-order chi connectivity index (χ1) is 18.3. The lowest BCUT2D eigenvalue weighted by atomic mass is 9.73. The molecule has 0 saturated carbocycles. The maximum Gasteiger partial charge on any atom is 0.161 e. The molecular formula is C31H27BrIN3O2. The zero-order valence-electron chi connectivity index (χ0n) is 21.2. The van der Waals surface area contributed by atoms with E-state index in [4.69, 9.17) is 10.5 Å². The van der Waals surface area contributed by atoms with Crippen LogP contribution in [0, 0.1) is 28.7 Å². The highest BCUT2D eigenvalue weighted by Gasteiger charge is 2.41. The summed E-state index contributed by atoms with van der Waals surface area (Å²) in [5, 5.41) is 10.4. The molecule has 7 heteroatoms. The zero-order chi connectivity index (χ0) is 27.0. The van der Waals surface area contributed by atoms with Crippen LogP contribution in [0.4, 0.5) is 5.69 Å². The van der Waals surface area contributed by atoms with E-state index in [-0.39, 0.29) is 5.78 Å². The SMILES string of the molecule is Cc1cc(COc2ccccc2Br)c(C)c(C2C(C#N)=C(N)N(c3ccc(I)cc3)C3=C2C(=O)CCC3)c1. The van der Waals surface area contributed by atoms with Gasteiger partial charge in [0.05, 0.1) is 22.0 Å². The lowest BCUT2D eigenvalue weighted by Gasteiger charge is -2.40. The van der Waals surface area contributed by atoms with Crippen molar-refractivity contribution in [3.05, 3.63) is 114 Å². The Morgan fingerprint density at radius 1 is 1.13 bits per heavy atom. The third-order valence-electron chi connectivity index (χ3n) is 7.23. The van der Waals surface area contributed by atoms with Crippen molar-refractivity contribution in [3.8, 4) is 11.8 Å². The summed E-state index contributed by atoms with van der Waals surface area (Å²) in [6.07, 6.45) is 1.96. The molecule has 2 aliphatic rings. The summed E-state index contributed by atoms with van der Waals surface area (Å²) in [4.78, 5) is 15.5. The Kier molecular flexibility index (Phi) is 7.64. The summed E-state index contributed by atoms with van der Waals surface area (Å²) >= 11 is 5.81. The molecular weight excluding hydrogens is 653 g/mol. The van der Waals surface area contributed by atoms with E-state index in [2.05, 4.69) is 56.7 Å². The van der Waals surface area contributed by atoms with Gasteiger partial charge in [0.1, 0.15) is 18.2 Å². The number of allylic oxidation sites excluding steroid dienone is 3. The number of hydrogen-bond acceptors (Lipinski definition) is 5. The number of hydrogen-bond donors (Lipinski definition) is 1. The Hall–Kier alpha value is -3.09. The van der Waals surface area contributed by atoms with Crippen molar-refractivity contribution in [2.45, 2.75) is 45.6 Å². The van der Waals surface area contributed by atoms with Gasteiger partial charge < -0.3 is 10.5 Å². The molecule has 0 saturated heterocycles. The van der Waals surface area contributed by atoms with Crippen LogP contribution in [0.5, 0.6) is 5.75 Å². The number of carbonyl (C=O) groups excluding carboxylic acids is 1. The van der Waals surface area contributed by atoms with Crippen LogP contribution in [0.2, 0.25) is 0 Å². The summed E-state index contributed by atoms with van der Waals surface area (Å²) < 4.78 is 8.14. The Bertz CT molecular complexity index is 1540. The first kappa shape index (κ1) is 26.5. The molecule has 0 spiro atoms. The molecule has 1 heterocycles. The van der Waals surface area contributed by atoms with Crippen molar-refractivity contribution >= 4 is 50.0 Å². The topological polar surface area (TPSA) is 79.3 Å². The molecule has 1 atom stereocenters. The molecule has 5 rings (SSSR count). The number of carbonyl (C=O) groups is 1. The Labute approximate surface area is 245 Å². The first-order valence-corrected chi connectivity index (χ1v) is 14.4. The molecule has 5 nitrogen and oxygen atoms in total. The molecule has 1 aliphatic heterocycles. The summed E-state index contributed by atoms with van der Waals surface area (Å²) in [6, 6.07) is 22.3. The number of halogens is 2. The van der Waals surface area contributed by atoms with Crippen LogP contribution in [0.1, 0.15) is 47.4 Å². The molecule has 38 heavy (non-hydrogen) atoms. The van der Waals surface area contributed by atoms with E-state index >= 15 is 0 Å². The predicted octanol–water partition coefficient (Wildman–Crippen LogP) is 7.55. The average Bonchev–Trinajstić information content (AvgIpc) is 2.90. The molecule has 3 aromatic carbocycles. The lowest BCUT2D eigenvalue weighted by molar-refractivity contribution is -0.116. The van der Waals surface area contributed by atoms with Gasteiger partial charge in [-0.2, -0.15) is 5.26 Å². The fraction of sp³-hybridized carbons (Fsp3) is 0.226. The van der Waals surface area contributed by atoms with Crippen LogP contribution in [0.3, 0.4) is 0 Å². The third kappa shape index (κ3) is 4.87. The molecule has 0 aromatic heterocycles. The second-order valence-corrected chi connectivity index (χ2v) is 11.7. The third-order valence-corrected chi connectivity index (χ3v) is 8.60. The highest BCUT2D eigenvalue weighted by atomic mass is 127. The summed E-state index contributed by atoms with van der Waals surface area (Å²) in [7, 11) is 0. The van der Waals surface area contributed by atoms with Crippen molar-refractivity contribution in [3.63, 3.8) is 0 Å². The van der Waals surface area contributed by atoms with Crippen molar-refractivity contribution < 1.29 is 9.53 Å². The number of rotatable bonds is 5. The van der Waals surface area contributed by atoms with Gasteiger partial charge >= 0.3 is 0 Å². The second-order valence-electron chi connectivity index (χ2n) is 9.65. The van der Waals surface area contributed by atoms with Gasteiger partial charge in [0, 0.05) is 26.9 Å². The molecule has 2 N–H and O–H groups in total. The van der Waals surface area contributed by atoms with Crippen molar-refractivity contribution in [1.82, 2.24) is 0 Å². The van der Waals surface area contributed by atoms with Crippen LogP contribution >= 0.6 is 38.5 Å². The Morgan fingerprint density at radius 3 is 2.58 bits per heavy atom. The molecule has 1 aliphatic carbocycles. The van der Waals surface area contributed by atoms with E-state index in [1.165, 1.54) is 0 Å². The number of nitriles is 1. The molecule has 0 fully saturated rings. The first-order valence-electron chi connectivity index (χ1n) is 12.5. The van der Waals surface area contributed by atoms with Crippen molar-refractivity contribution in [2.24, 2.45) is 5.73 Å². The maximum atomic E-state index is 13.6. The van der Waals surface area contributed by atoms with Crippen molar-refractivity contribution in [2.75, 3.05) is 4.90 Å². The van der Waals surface area contributed by atoms with E-state index in [0.29, 0.717) is 30.0 Å². The summed E-state index contributed by atoms with van der Waals surface area (Å²) in [5.41, 5.74) is 13.6. The van der Waals surface area contributed by atoms with Gasteiger partial charge in [0.25, 0.3) is 0 Å². The number of anilines is 1. The van der Waals surface area contributed by atoms with Crippen molar-refractivity contribution in [1.29, 1.82) is 5.26 Å². The number of ketones is 1. The van der Waals surface area contributed by atoms with Gasteiger partial charge in [0.15, 0.2) is 5.78 Å². The number of aryl methyl sites for hydroxylation is 1. The predicted molar refractivity (Wildman–Crippen MR) is 161 cm³/mol. The normalized spacial score (nSPS) is 17.4. The number of nitrogens with two attached hydrogens (primary N) is 1. The van der Waals surface area contributed by atoms with E-state index in [0.717, 1.165) is 60.3 Å². The fourth-order valence-corrected chi connectivity index (χ4v) is 6.17. The maximum absolute atomic E-state index is 13.6. The molecule has 0 radical (unpaired) electrons. The molecule has 0 bridgehead atoms. The summed E-state index contributed by atoms with van der Waals surface area (Å²) in [6.45, 7) is 4.44. The van der Waals surface area contributed by atoms with Gasteiger partial charge in [0.2, 0.25) is 0 Å². The van der Waals surface area contributed by atoms with Crippen LogP contribution in [-0.4, -0.2) is 5.78 Å².